The third kappa shape index (κ3) is 5.66. The molecule has 23 heavy (non-hydrogen) atoms. The molecule has 0 aliphatic heterocycles. The molecule has 2 rings (SSSR count). The Morgan fingerprint density at radius 2 is 1.83 bits per heavy atom. The maximum absolute atomic E-state index is 11.8. The fourth-order valence-corrected chi connectivity index (χ4v) is 2.29. The van der Waals surface area contributed by atoms with Crippen LogP contribution in [0.15, 0.2) is 42.5 Å². The van der Waals surface area contributed by atoms with Crippen LogP contribution in [-0.4, -0.2) is 26.1 Å². The molecule has 4 nitrogen and oxygen atoms in total. The Morgan fingerprint density at radius 1 is 1.09 bits per heavy atom. The zero-order valence-electron chi connectivity index (χ0n) is 12.7. The van der Waals surface area contributed by atoms with Crippen LogP contribution >= 0.6 is 23.2 Å². The predicted molar refractivity (Wildman–Crippen MR) is 94.7 cm³/mol. The summed E-state index contributed by atoms with van der Waals surface area (Å²) in [6, 6.07) is 12.9. The molecule has 0 saturated carbocycles. The van der Waals surface area contributed by atoms with Gasteiger partial charge in [0.05, 0.1) is 23.7 Å². The summed E-state index contributed by atoms with van der Waals surface area (Å²) in [6.45, 7) is 0.759. The predicted octanol–water partition coefficient (Wildman–Crippen LogP) is 3.77. The summed E-state index contributed by atoms with van der Waals surface area (Å²) in [6.07, 6.45) is 0.766. The van der Waals surface area contributed by atoms with Crippen molar-refractivity contribution < 1.29 is 9.53 Å². The molecule has 6 heteroatoms. The normalized spacial score (nSPS) is 10.2. The molecular weight excluding hydrogens is 335 g/mol. The second-order valence-corrected chi connectivity index (χ2v) is 5.74. The Kier molecular flexibility index (Phi) is 6.56. The fourth-order valence-electron chi connectivity index (χ4n) is 1.99. The highest BCUT2D eigenvalue weighted by Crippen LogP contribution is 2.24. The summed E-state index contributed by atoms with van der Waals surface area (Å²) in [5.74, 6) is 0.744. The van der Waals surface area contributed by atoms with E-state index in [9.17, 15) is 4.79 Å². The van der Waals surface area contributed by atoms with Crippen molar-refractivity contribution >= 4 is 34.8 Å². The van der Waals surface area contributed by atoms with Gasteiger partial charge in [0.1, 0.15) is 5.75 Å². The molecule has 0 unspecified atom stereocenters. The van der Waals surface area contributed by atoms with Gasteiger partial charge >= 0.3 is 0 Å². The van der Waals surface area contributed by atoms with Crippen molar-refractivity contribution in [3.05, 3.63) is 58.1 Å². The minimum atomic E-state index is -0.0791. The molecule has 2 aromatic rings. The summed E-state index contributed by atoms with van der Waals surface area (Å²) in [4.78, 5) is 11.8. The standard InChI is InChI=1S/C17H18Cl2N2O2/c1-23-14-5-2-12(3-6-14)8-9-20-17(22)11-21-13-4-7-15(18)16(19)10-13/h2-7,10,21H,8-9,11H2,1H3,(H,20,22). The van der Waals surface area contributed by atoms with Gasteiger partial charge in [-0.15, -0.1) is 0 Å². The molecule has 0 spiro atoms. The average Bonchev–Trinajstić information content (AvgIpc) is 2.56. The highest BCUT2D eigenvalue weighted by atomic mass is 35.5. The SMILES string of the molecule is COc1ccc(CCNC(=O)CNc2ccc(Cl)c(Cl)c2)cc1. The minimum Gasteiger partial charge on any atom is -0.497 e. The van der Waals surface area contributed by atoms with E-state index in [1.165, 1.54) is 0 Å². The van der Waals surface area contributed by atoms with E-state index in [4.69, 9.17) is 27.9 Å². The molecule has 2 N–H and O–H groups in total. The number of carbonyl (C=O) groups excluding carboxylic acids is 1. The molecule has 0 bridgehead atoms. The van der Waals surface area contributed by atoms with Gasteiger partial charge in [0, 0.05) is 12.2 Å². The molecular formula is C17H18Cl2N2O2. The first-order valence-corrected chi connectivity index (χ1v) is 7.92. The summed E-state index contributed by atoms with van der Waals surface area (Å²) < 4.78 is 5.11. The summed E-state index contributed by atoms with van der Waals surface area (Å²) >= 11 is 11.8. The van der Waals surface area contributed by atoms with Gasteiger partial charge in [0.15, 0.2) is 0 Å². The number of methoxy groups -OCH3 is 1. The van der Waals surface area contributed by atoms with Gasteiger partial charge in [-0.3, -0.25) is 4.79 Å². The number of rotatable bonds is 7. The number of amides is 1. The maximum Gasteiger partial charge on any atom is 0.239 e. The summed E-state index contributed by atoms with van der Waals surface area (Å²) in [7, 11) is 1.64. The van der Waals surface area contributed by atoms with E-state index >= 15 is 0 Å². The van der Waals surface area contributed by atoms with E-state index in [2.05, 4.69) is 10.6 Å². The van der Waals surface area contributed by atoms with Crippen molar-refractivity contribution in [1.29, 1.82) is 0 Å². The zero-order valence-corrected chi connectivity index (χ0v) is 14.2. The molecule has 0 heterocycles. The lowest BCUT2D eigenvalue weighted by Gasteiger charge is -2.09. The number of anilines is 1. The number of halogens is 2. The molecule has 0 aromatic heterocycles. The molecule has 1 amide bonds. The van der Waals surface area contributed by atoms with E-state index in [-0.39, 0.29) is 12.5 Å². The van der Waals surface area contributed by atoms with Crippen LogP contribution in [0.25, 0.3) is 0 Å². The average molecular weight is 353 g/mol. The number of nitrogens with one attached hydrogen (secondary N) is 2. The molecule has 0 radical (unpaired) electrons. The molecule has 0 aliphatic carbocycles. The minimum absolute atomic E-state index is 0.0791. The first kappa shape index (κ1) is 17.4. The van der Waals surface area contributed by atoms with E-state index in [0.717, 1.165) is 23.4 Å². The smallest absolute Gasteiger partial charge is 0.239 e. The van der Waals surface area contributed by atoms with Crippen molar-refractivity contribution in [2.45, 2.75) is 6.42 Å². The van der Waals surface area contributed by atoms with Gasteiger partial charge in [-0.1, -0.05) is 35.3 Å². The fraction of sp³-hybridized carbons (Fsp3) is 0.235. The van der Waals surface area contributed by atoms with Crippen LogP contribution in [0.2, 0.25) is 10.0 Å². The van der Waals surface area contributed by atoms with Crippen molar-refractivity contribution in [3.63, 3.8) is 0 Å². The lowest BCUT2D eigenvalue weighted by molar-refractivity contribution is -0.119. The lowest BCUT2D eigenvalue weighted by atomic mass is 10.1. The second kappa shape index (κ2) is 8.65. The van der Waals surface area contributed by atoms with Crippen LogP contribution in [0.1, 0.15) is 5.56 Å². The lowest BCUT2D eigenvalue weighted by Crippen LogP contribution is -2.31. The Hall–Kier alpha value is -1.91. The maximum atomic E-state index is 11.8. The van der Waals surface area contributed by atoms with Crippen LogP contribution in [-0.2, 0) is 11.2 Å². The van der Waals surface area contributed by atoms with E-state index in [0.29, 0.717) is 16.6 Å². The van der Waals surface area contributed by atoms with Crippen molar-refractivity contribution in [1.82, 2.24) is 5.32 Å². The number of carbonyl (C=O) groups is 1. The van der Waals surface area contributed by atoms with E-state index < -0.39 is 0 Å². The van der Waals surface area contributed by atoms with Crippen LogP contribution < -0.4 is 15.4 Å². The summed E-state index contributed by atoms with van der Waals surface area (Å²) in [5, 5.41) is 6.81. The number of benzene rings is 2. The van der Waals surface area contributed by atoms with Gasteiger partial charge < -0.3 is 15.4 Å². The van der Waals surface area contributed by atoms with Gasteiger partial charge in [-0.25, -0.2) is 0 Å². The first-order chi connectivity index (χ1) is 11.1. The number of hydrogen-bond acceptors (Lipinski definition) is 3. The Labute approximate surface area is 145 Å². The molecule has 2 aromatic carbocycles. The molecule has 122 valence electrons. The highest BCUT2D eigenvalue weighted by Gasteiger charge is 2.03. The van der Waals surface area contributed by atoms with Crippen LogP contribution in [0.5, 0.6) is 5.75 Å². The third-order valence-electron chi connectivity index (χ3n) is 3.27. The van der Waals surface area contributed by atoms with Gasteiger partial charge in [-0.2, -0.15) is 0 Å². The van der Waals surface area contributed by atoms with Crippen molar-refractivity contribution in [2.24, 2.45) is 0 Å². The highest BCUT2D eigenvalue weighted by molar-refractivity contribution is 6.42. The Morgan fingerprint density at radius 3 is 2.48 bits per heavy atom. The number of ether oxygens (including phenoxy) is 1. The van der Waals surface area contributed by atoms with Crippen molar-refractivity contribution in [2.75, 3.05) is 25.5 Å². The van der Waals surface area contributed by atoms with Crippen LogP contribution in [0, 0.1) is 0 Å². The zero-order chi connectivity index (χ0) is 16.7. The first-order valence-electron chi connectivity index (χ1n) is 7.17. The molecule has 0 atom stereocenters. The Bertz CT molecular complexity index is 660. The van der Waals surface area contributed by atoms with Gasteiger partial charge in [0.25, 0.3) is 0 Å². The monoisotopic (exact) mass is 352 g/mol. The second-order valence-electron chi connectivity index (χ2n) is 4.93. The van der Waals surface area contributed by atoms with Gasteiger partial charge in [0.2, 0.25) is 5.91 Å². The molecule has 0 aliphatic rings. The molecule has 0 fully saturated rings. The summed E-state index contributed by atoms with van der Waals surface area (Å²) in [5.41, 5.74) is 1.90. The largest absolute Gasteiger partial charge is 0.497 e. The van der Waals surface area contributed by atoms with E-state index in [1.807, 2.05) is 24.3 Å². The van der Waals surface area contributed by atoms with Gasteiger partial charge in [-0.05, 0) is 42.3 Å². The quantitative estimate of drug-likeness (QED) is 0.797. The Balaban J connectivity index is 1.71. The van der Waals surface area contributed by atoms with E-state index in [1.54, 1.807) is 25.3 Å². The van der Waals surface area contributed by atoms with Crippen LogP contribution in [0.4, 0.5) is 5.69 Å². The number of hydrogen-bond donors (Lipinski definition) is 2. The topological polar surface area (TPSA) is 50.4 Å². The van der Waals surface area contributed by atoms with Crippen molar-refractivity contribution in [3.8, 4) is 5.75 Å². The molecule has 0 saturated heterocycles. The third-order valence-corrected chi connectivity index (χ3v) is 4.01. The van der Waals surface area contributed by atoms with Crippen LogP contribution in [0.3, 0.4) is 0 Å².